The van der Waals surface area contributed by atoms with Gasteiger partial charge in [-0.1, -0.05) is 65.8 Å². The summed E-state index contributed by atoms with van der Waals surface area (Å²) >= 11 is 0. The van der Waals surface area contributed by atoms with Gasteiger partial charge in [0.15, 0.2) is 19.7 Å². The largest absolute Gasteiger partial charge is 0.228 e. The van der Waals surface area contributed by atoms with Crippen molar-refractivity contribution >= 4 is 19.7 Å². The van der Waals surface area contributed by atoms with Crippen LogP contribution in [0.1, 0.15) is 98.9 Å². The van der Waals surface area contributed by atoms with Crippen molar-refractivity contribution in [3.05, 3.63) is 68.8 Å². The maximum absolute atomic E-state index is 13.1. The molecule has 0 saturated heterocycles. The molecule has 0 aromatic heterocycles. The van der Waals surface area contributed by atoms with Crippen LogP contribution in [0.25, 0.3) is 0 Å². The summed E-state index contributed by atoms with van der Waals surface area (Å²) in [6.45, 7) is 13.0. The summed E-state index contributed by atoms with van der Waals surface area (Å²) in [6.07, 6.45) is 2.93. The van der Waals surface area contributed by atoms with Gasteiger partial charge < -0.3 is 0 Å². The van der Waals surface area contributed by atoms with Gasteiger partial charge in [-0.2, -0.15) is 0 Å². The Morgan fingerprint density at radius 2 is 0.914 bits per heavy atom. The highest BCUT2D eigenvalue weighted by atomic mass is 32.2. The summed E-state index contributed by atoms with van der Waals surface area (Å²) in [5.41, 5.74) is 8.64. The van der Waals surface area contributed by atoms with Gasteiger partial charge in [0.2, 0.25) is 0 Å². The van der Waals surface area contributed by atoms with E-state index in [1.807, 2.05) is 0 Å². The SMILES string of the molecule is CC(C)(C)c1cc2c3c(c1)CS(=O)(=O)CCCCS(=O)(=O)Cc1cc(C(C)(C)C)cc(c1CC3)C2. The minimum atomic E-state index is -3.33. The van der Waals surface area contributed by atoms with Crippen LogP contribution in [0.15, 0.2) is 24.3 Å². The second kappa shape index (κ2) is 9.02. The molecular weight excluding hydrogens is 476 g/mol. The maximum Gasteiger partial charge on any atom is 0.154 e. The number of fused-ring (bicyclic) bond motifs is 1. The fourth-order valence-electron chi connectivity index (χ4n) is 5.39. The van der Waals surface area contributed by atoms with E-state index in [2.05, 4.69) is 65.8 Å². The average molecular weight is 517 g/mol. The fourth-order valence-corrected chi connectivity index (χ4v) is 8.43. The molecule has 1 heterocycles. The number of hydrogen-bond donors (Lipinski definition) is 0. The summed E-state index contributed by atoms with van der Waals surface area (Å²) in [5.74, 6) is 0.124. The molecule has 1 aliphatic carbocycles. The van der Waals surface area contributed by atoms with Crippen molar-refractivity contribution in [3.63, 3.8) is 0 Å². The van der Waals surface area contributed by atoms with Crippen molar-refractivity contribution in [2.24, 2.45) is 0 Å². The Kier molecular flexibility index (Phi) is 6.81. The van der Waals surface area contributed by atoms with Crippen molar-refractivity contribution in [1.82, 2.24) is 0 Å². The summed E-state index contributed by atoms with van der Waals surface area (Å²) in [7, 11) is -6.67. The maximum atomic E-state index is 13.1. The molecule has 0 atom stereocenters. The lowest BCUT2D eigenvalue weighted by Gasteiger charge is -2.24. The van der Waals surface area contributed by atoms with Crippen LogP contribution in [-0.2, 0) is 61.3 Å². The van der Waals surface area contributed by atoms with Crippen molar-refractivity contribution in [2.75, 3.05) is 11.5 Å². The summed E-state index contributed by atoms with van der Waals surface area (Å²) in [4.78, 5) is 0. The van der Waals surface area contributed by atoms with E-state index >= 15 is 0 Å². The van der Waals surface area contributed by atoms with E-state index in [0.29, 0.717) is 19.3 Å². The molecule has 2 bridgehead atoms. The molecule has 4 nitrogen and oxygen atoms in total. The Bertz CT molecular complexity index is 1250. The van der Waals surface area contributed by atoms with E-state index in [9.17, 15) is 16.8 Å². The van der Waals surface area contributed by atoms with Gasteiger partial charge in [0.1, 0.15) is 0 Å². The van der Waals surface area contributed by atoms with E-state index in [0.717, 1.165) is 46.2 Å². The highest BCUT2D eigenvalue weighted by Crippen LogP contribution is 2.37. The Morgan fingerprint density at radius 3 is 1.26 bits per heavy atom. The van der Waals surface area contributed by atoms with E-state index in [1.54, 1.807) is 0 Å². The van der Waals surface area contributed by atoms with Crippen molar-refractivity contribution < 1.29 is 16.8 Å². The molecule has 0 spiro atoms. The number of benzene rings is 2. The Morgan fingerprint density at radius 1 is 0.571 bits per heavy atom. The molecule has 0 fully saturated rings. The highest BCUT2D eigenvalue weighted by Gasteiger charge is 2.28. The lowest BCUT2D eigenvalue weighted by Crippen LogP contribution is -2.18. The van der Waals surface area contributed by atoms with Gasteiger partial charge in [-0.3, -0.25) is 0 Å². The van der Waals surface area contributed by atoms with Crippen LogP contribution in [0.2, 0.25) is 0 Å². The summed E-state index contributed by atoms with van der Waals surface area (Å²) in [5, 5.41) is 0. The standard InChI is InChI=1S/C29H40O4S2/c1-28(2,3)24-14-20-13-21-15-25(29(4,5)6)17-23-19-35(32,33)12-8-7-11-34(30,31)18-22(16-24)26(20)9-10-27(21)23/h14-17H,7-13,18-19H2,1-6H3. The number of sulfone groups is 2. The minimum Gasteiger partial charge on any atom is -0.228 e. The molecule has 0 amide bonds. The van der Waals surface area contributed by atoms with Crippen LogP contribution in [0.5, 0.6) is 0 Å². The first-order valence-electron chi connectivity index (χ1n) is 12.8. The summed E-state index contributed by atoms with van der Waals surface area (Å²) < 4.78 is 52.4. The summed E-state index contributed by atoms with van der Waals surface area (Å²) in [6, 6.07) is 8.76. The van der Waals surface area contributed by atoms with Crippen LogP contribution >= 0.6 is 0 Å². The Hall–Kier alpha value is -1.66. The normalized spacial score (nSPS) is 20.2. The molecule has 0 unspecified atom stereocenters. The third-order valence-electron chi connectivity index (χ3n) is 7.52. The van der Waals surface area contributed by atoms with E-state index in [-0.39, 0.29) is 33.8 Å². The number of hydrogen-bond acceptors (Lipinski definition) is 4. The van der Waals surface area contributed by atoms with Crippen LogP contribution in [0.3, 0.4) is 0 Å². The molecule has 4 rings (SSSR count). The molecule has 0 N–H and O–H groups in total. The molecule has 0 radical (unpaired) electrons. The van der Waals surface area contributed by atoms with Gasteiger partial charge in [-0.25, -0.2) is 16.8 Å². The predicted molar refractivity (Wildman–Crippen MR) is 145 cm³/mol. The van der Waals surface area contributed by atoms with Gasteiger partial charge >= 0.3 is 0 Å². The highest BCUT2D eigenvalue weighted by molar-refractivity contribution is 7.91. The van der Waals surface area contributed by atoms with Crippen molar-refractivity contribution in [3.8, 4) is 0 Å². The first kappa shape index (κ1) is 26.4. The average Bonchev–Trinajstić information content (AvgIpc) is 2.88. The molecule has 2 aromatic rings. The third kappa shape index (κ3) is 6.02. The first-order chi connectivity index (χ1) is 16.0. The van der Waals surface area contributed by atoms with Gasteiger partial charge in [-0.05, 0) is 87.4 Å². The predicted octanol–water partition coefficient (Wildman–Crippen LogP) is 5.59. The molecular formula is C29H40O4S2. The molecule has 2 aliphatic rings. The number of rotatable bonds is 0. The zero-order valence-electron chi connectivity index (χ0n) is 22.1. The van der Waals surface area contributed by atoms with Crippen LogP contribution < -0.4 is 0 Å². The van der Waals surface area contributed by atoms with Crippen LogP contribution in [-0.4, -0.2) is 28.3 Å². The second-order valence-electron chi connectivity index (χ2n) is 12.6. The third-order valence-corrected chi connectivity index (χ3v) is 10.8. The van der Waals surface area contributed by atoms with Gasteiger partial charge in [0.25, 0.3) is 0 Å². The lowest BCUT2D eigenvalue weighted by molar-refractivity contribution is 0.581. The second-order valence-corrected chi connectivity index (χ2v) is 17.0. The smallest absolute Gasteiger partial charge is 0.154 e. The zero-order chi connectivity index (χ0) is 25.8. The quantitative estimate of drug-likeness (QED) is 0.457. The monoisotopic (exact) mass is 516 g/mol. The van der Waals surface area contributed by atoms with E-state index < -0.39 is 19.7 Å². The van der Waals surface area contributed by atoms with Crippen LogP contribution in [0, 0.1) is 0 Å². The molecule has 6 heteroatoms. The minimum absolute atomic E-state index is 0.0302. The fraction of sp³-hybridized carbons (Fsp3) is 0.586. The van der Waals surface area contributed by atoms with Gasteiger partial charge in [0.05, 0.1) is 23.0 Å². The Balaban J connectivity index is 1.99. The molecule has 0 saturated carbocycles. The van der Waals surface area contributed by atoms with Gasteiger partial charge in [0, 0.05) is 0 Å². The molecule has 192 valence electrons. The zero-order valence-corrected chi connectivity index (χ0v) is 23.8. The first-order valence-corrected chi connectivity index (χ1v) is 16.4. The van der Waals surface area contributed by atoms with E-state index in [4.69, 9.17) is 0 Å². The van der Waals surface area contributed by atoms with Crippen LogP contribution in [0.4, 0.5) is 0 Å². The lowest BCUT2D eigenvalue weighted by atomic mass is 9.81. The Labute approximate surface area is 212 Å². The van der Waals surface area contributed by atoms with Crippen molar-refractivity contribution in [2.45, 2.75) is 96.0 Å². The molecule has 1 aliphatic heterocycles. The van der Waals surface area contributed by atoms with Crippen molar-refractivity contribution in [1.29, 1.82) is 0 Å². The topological polar surface area (TPSA) is 68.3 Å². The van der Waals surface area contributed by atoms with E-state index in [1.165, 1.54) is 11.1 Å². The van der Waals surface area contributed by atoms with Gasteiger partial charge in [-0.15, -0.1) is 0 Å². The molecule has 2 aromatic carbocycles. The molecule has 35 heavy (non-hydrogen) atoms.